The standard InChI is InChI=1S/C13H17FN4O/c1-9(2)18-13(16-8-17-18)7-19-12-4-10(6-15)3-11(14)5-12/h3-5,8-9H,6-7,15H2,1-2H3. The quantitative estimate of drug-likeness (QED) is 0.897. The Bertz CT molecular complexity index is 553. The Kier molecular flexibility index (Phi) is 4.11. The molecule has 1 aromatic carbocycles. The Morgan fingerprint density at radius 2 is 2.16 bits per heavy atom. The summed E-state index contributed by atoms with van der Waals surface area (Å²) in [6.07, 6.45) is 1.48. The second-order valence-corrected chi connectivity index (χ2v) is 4.50. The van der Waals surface area contributed by atoms with Gasteiger partial charge in [-0.3, -0.25) is 0 Å². The predicted molar refractivity (Wildman–Crippen MR) is 69.0 cm³/mol. The van der Waals surface area contributed by atoms with Crippen LogP contribution >= 0.6 is 0 Å². The van der Waals surface area contributed by atoms with Crippen molar-refractivity contribution in [1.82, 2.24) is 14.8 Å². The average Bonchev–Trinajstić information content (AvgIpc) is 2.84. The van der Waals surface area contributed by atoms with Gasteiger partial charge in [-0.25, -0.2) is 14.1 Å². The second-order valence-electron chi connectivity index (χ2n) is 4.50. The summed E-state index contributed by atoms with van der Waals surface area (Å²) >= 11 is 0. The molecule has 0 fully saturated rings. The molecule has 0 unspecified atom stereocenters. The fraction of sp³-hybridized carbons (Fsp3) is 0.385. The van der Waals surface area contributed by atoms with E-state index in [2.05, 4.69) is 10.1 Å². The largest absolute Gasteiger partial charge is 0.486 e. The molecule has 0 aliphatic rings. The maximum Gasteiger partial charge on any atom is 0.165 e. The van der Waals surface area contributed by atoms with Crippen molar-refractivity contribution in [3.63, 3.8) is 0 Å². The molecule has 0 aliphatic carbocycles. The molecule has 0 spiro atoms. The molecule has 0 saturated carbocycles. The third-order valence-electron chi connectivity index (χ3n) is 2.67. The molecule has 0 atom stereocenters. The zero-order valence-corrected chi connectivity index (χ0v) is 11.0. The van der Waals surface area contributed by atoms with Gasteiger partial charge in [0.25, 0.3) is 0 Å². The smallest absolute Gasteiger partial charge is 0.165 e. The van der Waals surface area contributed by atoms with Gasteiger partial charge in [0.1, 0.15) is 24.5 Å². The van der Waals surface area contributed by atoms with Crippen LogP contribution in [0.2, 0.25) is 0 Å². The van der Waals surface area contributed by atoms with E-state index in [4.69, 9.17) is 10.5 Å². The first-order chi connectivity index (χ1) is 9.10. The molecule has 6 heteroatoms. The van der Waals surface area contributed by atoms with Crippen molar-refractivity contribution < 1.29 is 9.13 Å². The molecular weight excluding hydrogens is 247 g/mol. The Hall–Kier alpha value is -1.95. The third-order valence-corrected chi connectivity index (χ3v) is 2.67. The molecule has 0 amide bonds. The number of hydrogen-bond acceptors (Lipinski definition) is 4. The predicted octanol–water partition coefficient (Wildman–Crippen LogP) is 2.04. The van der Waals surface area contributed by atoms with Crippen molar-refractivity contribution in [1.29, 1.82) is 0 Å². The van der Waals surface area contributed by atoms with Crippen molar-refractivity contribution in [2.75, 3.05) is 0 Å². The third kappa shape index (κ3) is 3.29. The summed E-state index contributed by atoms with van der Waals surface area (Å²) in [5, 5.41) is 4.11. The number of nitrogens with zero attached hydrogens (tertiary/aromatic N) is 3. The van der Waals surface area contributed by atoms with Crippen LogP contribution in [-0.4, -0.2) is 14.8 Å². The number of hydrogen-bond donors (Lipinski definition) is 1. The molecule has 2 rings (SSSR count). The zero-order valence-electron chi connectivity index (χ0n) is 11.0. The summed E-state index contributed by atoms with van der Waals surface area (Å²) < 4.78 is 20.6. The lowest BCUT2D eigenvalue weighted by molar-refractivity contribution is 0.281. The van der Waals surface area contributed by atoms with E-state index in [-0.39, 0.29) is 25.0 Å². The van der Waals surface area contributed by atoms with Crippen LogP contribution in [-0.2, 0) is 13.2 Å². The summed E-state index contributed by atoms with van der Waals surface area (Å²) in [4.78, 5) is 4.13. The van der Waals surface area contributed by atoms with E-state index in [0.29, 0.717) is 17.1 Å². The molecule has 19 heavy (non-hydrogen) atoms. The molecule has 1 aromatic heterocycles. The number of nitrogens with two attached hydrogens (primary N) is 1. The number of benzene rings is 1. The molecule has 0 radical (unpaired) electrons. The highest BCUT2D eigenvalue weighted by Gasteiger charge is 2.09. The highest BCUT2D eigenvalue weighted by atomic mass is 19.1. The summed E-state index contributed by atoms with van der Waals surface area (Å²) in [6, 6.07) is 4.64. The van der Waals surface area contributed by atoms with E-state index >= 15 is 0 Å². The van der Waals surface area contributed by atoms with E-state index < -0.39 is 0 Å². The van der Waals surface area contributed by atoms with Gasteiger partial charge in [0.15, 0.2) is 5.82 Å². The average molecular weight is 264 g/mol. The van der Waals surface area contributed by atoms with Crippen molar-refractivity contribution in [3.05, 3.63) is 41.7 Å². The fourth-order valence-electron chi connectivity index (χ4n) is 1.78. The Labute approximate surface area is 111 Å². The minimum absolute atomic E-state index is 0.202. The highest BCUT2D eigenvalue weighted by Crippen LogP contribution is 2.17. The van der Waals surface area contributed by atoms with Crippen molar-refractivity contribution >= 4 is 0 Å². The molecule has 102 valence electrons. The van der Waals surface area contributed by atoms with Gasteiger partial charge in [-0.05, 0) is 31.5 Å². The van der Waals surface area contributed by atoms with Crippen LogP contribution in [0.15, 0.2) is 24.5 Å². The van der Waals surface area contributed by atoms with Gasteiger partial charge in [-0.1, -0.05) is 0 Å². The fourth-order valence-corrected chi connectivity index (χ4v) is 1.78. The summed E-state index contributed by atoms with van der Waals surface area (Å²) in [7, 11) is 0. The van der Waals surface area contributed by atoms with E-state index in [0.717, 1.165) is 0 Å². The van der Waals surface area contributed by atoms with Crippen LogP contribution in [0.3, 0.4) is 0 Å². The van der Waals surface area contributed by atoms with Crippen LogP contribution in [0.4, 0.5) is 4.39 Å². The first-order valence-corrected chi connectivity index (χ1v) is 6.11. The van der Waals surface area contributed by atoms with Crippen molar-refractivity contribution in [3.8, 4) is 5.75 Å². The van der Waals surface area contributed by atoms with Gasteiger partial charge in [-0.2, -0.15) is 5.10 Å². The first kappa shape index (κ1) is 13.5. The second kappa shape index (κ2) is 5.79. The summed E-state index contributed by atoms with van der Waals surface area (Å²) in [5.41, 5.74) is 6.19. The molecule has 0 aliphatic heterocycles. The van der Waals surface area contributed by atoms with Gasteiger partial charge in [0.05, 0.1) is 0 Å². The highest BCUT2D eigenvalue weighted by molar-refractivity contribution is 5.29. The maximum atomic E-state index is 13.3. The lowest BCUT2D eigenvalue weighted by Crippen LogP contribution is -2.11. The number of halogens is 1. The Balaban J connectivity index is 2.10. The van der Waals surface area contributed by atoms with Gasteiger partial charge in [-0.15, -0.1) is 0 Å². The molecule has 2 N–H and O–H groups in total. The number of rotatable bonds is 5. The molecule has 1 heterocycles. The lowest BCUT2D eigenvalue weighted by Gasteiger charge is -2.11. The van der Waals surface area contributed by atoms with E-state index in [9.17, 15) is 4.39 Å². The van der Waals surface area contributed by atoms with Crippen molar-refractivity contribution in [2.45, 2.75) is 33.0 Å². The monoisotopic (exact) mass is 264 g/mol. The van der Waals surface area contributed by atoms with Gasteiger partial charge >= 0.3 is 0 Å². The summed E-state index contributed by atoms with van der Waals surface area (Å²) in [5.74, 6) is 0.788. The molecular formula is C13H17FN4O. The maximum absolute atomic E-state index is 13.3. The van der Waals surface area contributed by atoms with Crippen molar-refractivity contribution in [2.24, 2.45) is 5.73 Å². The number of aromatic nitrogens is 3. The normalized spacial score (nSPS) is 11.0. The van der Waals surface area contributed by atoms with Crippen LogP contribution < -0.4 is 10.5 Å². The topological polar surface area (TPSA) is 66.0 Å². The van der Waals surface area contributed by atoms with Crippen LogP contribution in [0.5, 0.6) is 5.75 Å². The van der Waals surface area contributed by atoms with E-state index in [1.54, 1.807) is 10.7 Å². The lowest BCUT2D eigenvalue weighted by atomic mass is 10.2. The molecule has 0 saturated heterocycles. The van der Waals surface area contributed by atoms with Crippen LogP contribution in [0, 0.1) is 5.82 Å². The van der Waals surface area contributed by atoms with Gasteiger partial charge in [0, 0.05) is 18.7 Å². The van der Waals surface area contributed by atoms with Crippen LogP contribution in [0.25, 0.3) is 0 Å². The number of ether oxygens (including phenoxy) is 1. The van der Waals surface area contributed by atoms with E-state index in [1.807, 2.05) is 13.8 Å². The molecule has 0 bridgehead atoms. The van der Waals surface area contributed by atoms with Gasteiger partial charge in [0.2, 0.25) is 0 Å². The SMILES string of the molecule is CC(C)n1ncnc1COc1cc(F)cc(CN)c1. The first-order valence-electron chi connectivity index (χ1n) is 6.11. The Morgan fingerprint density at radius 1 is 1.37 bits per heavy atom. The zero-order chi connectivity index (χ0) is 13.8. The van der Waals surface area contributed by atoms with E-state index in [1.165, 1.54) is 18.5 Å². The van der Waals surface area contributed by atoms with Gasteiger partial charge < -0.3 is 10.5 Å². The molecule has 2 aromatic rings. The minimum atomic E-state index is -0.358. The summed E-state index contributed by atoms with van der Waals surface area (Å²) in [6.45, 7) is 4.53. The Morgan fingerprint density at radius 3 is 2.84 bits per heavy atom. The molecule has 5 nitrogen and oxygen atoms in total. The minimum Gasteiger partial charge on any atom is -0.486 e. The van der Waals surface area contributed by atoms with Crippen LogP contribution in [0.1, 0.15) is 31.3 Å².